The van der Waals surface area contributed by atoms with Crippen molar-refractivity contribution in [2.45, 2.75) is 31.6 Å². The molecule has 1 aromatic rings. The molecule has 2 aliphatic rings. The highest BCUT2D eigenvalue weighted by Gasteiger charge is 2.23. The van der Waals surface area contributed by atoms with Crippen molar-refractivity contribution < 1.29 is 0 Å². The van der Waals surface area contributed by atoms with Crippen molar-refractivity contribution in [2.75, 3.05) is 32.7 Å². The molecule has 0 aromatic heterocycles. The van der Waals surface area contributed by atoms with Crippen molar-refractivity contribution in [3.05, 3.63) is 34.9 Å². The molecule has 1 N–H and O–H groups in total. The minimum atomic E-state index is 0.706. The van der Waals surface area contributed by atoms with E-state index in [1.165, 1.54) is 64.0 Å². The average molecular weight is 293 g/mol. The summed E-state index contributed by atoms with van der Waals surface area (Å²) < 4.78 is 0. The zero-order valence-corrected chi connectivity index (χ0v) is 12.9. The van der Waals surface area contributed by atoms with E-state index in [1.807, 2.05) is 6.07 Å². The van der Waals surface area contributed by atoms with Crippen LogP contribution in [0.15, 0.2) is 24.3 Å². The Morgan fingerprint density at radius 2 is 1.85 bits per heavy atom. The monoisotopic (exact) mass is 292 g/mol. The Balaban J connectivity index is 1.49. The Kier molecular flexibility index (Phi) is 4.98. The highest BCUT2D eigenvalue weighted by atomic mass is 35.5. The van der Waals surface area contributed by atoms with E-state index in [9.17, 15) is 0 Å². The normalized spacial score (nSPS) is 23.1. The number of rotatable bonds is 3. The zero-order chi connectivity index (χ0) is 13.8. The van der Waals surface area contributed by atoms with Crippen LogP contribution in [-0.4, -0.2) is 37.6 Å². The van der Waals surface area contributed by atoms with Crippen molar-refractivity contribution in [3.63, 3.8) is 0 Å². The van der Waals surface area contributed by atoms with Gasteiger partial charge in [0.15, 0.2) is 0 Å². The molecule has 3 rings (SSSR count). The third-order valence-electron chi connectivity index (χ3n) is 4.88. The van der Waals surface area contributed by atoms with Crippen LogP contribution in [0.5, 0.6) is 0 Å². The highest BCUT2D eigenvalue weighted by molar-refractivity contribution is 6.30. The van der Waals surface area contributed by atoms with Gasteiger partial charge in [-0.15, -0.1) is 0 Å². The molecule has 0 radical (unpaired) electrons. The van der Waals surface area contributed by atoms with Crippen LogP contribution in [-0.2, 0) is 0 Å². The molecule has 2 nitrogen and oxygen atoms in total. The average Bonchev–Trinajstić information content (AvgIpc) is 2.49. The lowest BCUT2D eigenvalue weighted by molar-refractivity contribution is 0.167. The fourth-order valence-electron chi connectivity index (χ4n) is 3.64. The van der Waals surface area contributed by atoms with E-state index >= 15 is 0 Å². The van der Waals surface area contributed by atoms with E-state index < -0.39 is 0 Å². The fourth-order valence-corrected chi connectivity index (χ4v) is 3.84. The van der Waals surface area contributed by atoms with Gasteiger partial charge in [-0.1, -0.05) is 23.7 Å². The van der Waals surface area contributed by atoms with Gasteiger partial charge in [0, 0.05) is 11.6 Å². The lowest BCUT2D eigenvalue weighted by Gasteiger charge is -2.35. The lowest BCUT2D eigenvalue weighted by atomic mass is 9.88. The molecule has 0 aliphatic carbocycles. The molecule has 2 fully saturated rings. The summed E-state index contributed by atoms with van der Waals surface area (Å²) in [4.78, 5) is 2.68. The Morgan fingerprint density at radius 3 is 2.55 bits per heavy atom. The van der Waals surface area contributed by atoms with Gasteiger partial charge in [0.05, 0.1) is 0 Å². The SMILES string of the molecule is Clc1cccc(C2CCN(CC3CCNCC3)CC2)c1. The van der Waals surface area contributed by atoms with E-state index in [0.29, 0.717) is 5.92 Å². The minimum Gasteiger partial charge on any atom is -0.317 e. The summed E-state index contributed by atoms with van der Waals surface area (Å²) in [5.41, 5.74) is 1.43. The van der Waals surface area contributed by atoms with Crippen LogP contribution in [0.4, 0.5) is 0 Å². The van der Waals surface area contributed by atoms with Gasteiger partial charge in [0.25, 0.3) is 0 Å². The van der Waals surface area contributed by atoms with Crippen LogP contribution in [0, 0.1) is 5.92 Å². The number of likely N-dealkylation sites (tertiary alicyclic amines) is 1. The molecule has 2 aliphatic heterocycles. The molecule has 2 heterocycles. The first-order chi connectivity index (χ1) is 9.81. The molecule has 3 heteroatoms. The molecule has 1 aromatic carbocycles. The summed E-state index contributed by atoms with van der Waals surface area (Å²) in [6.07, 6.45) is 5.28. The predicted octanol–water partition coefficient (Wildman–Crippen LogP) is 3.52. The van der Waals surface area contributed by atoms with Crippen molar-refractivity contribution in [1.29, 1.82) is 0 Å². The van der Waals surface area contributed by atoms with Crippen molar-refractivity contribution >= 4 is 11.6 Å². The van der Waals surface area contributed by atoms with Crippen LogP contribution in [0.3, 0.4) is 0 Å². The largest absolute Gasteiger partial charge is 0.317 e. The maximum Gasteiger partial charge on any atom is 0.0408 e. The number of hydrogen-bond donors (Lipinski definition) is 1. The second-order valence-electron chi connectivity index (χ2n) is 6.32. The zero-order valence-electron chi connectivity index (χ0n) is 12.2. The molecule has 110 valence electrons. The summed E-state index contributed by atoms with van der Waals surface area (Å²) >= 11 is 6.11. The van der Waals surface area contributed by atoms with E-state index in [0.717, 1.165) is 10.9 Å². The summed E-state index contributed by atoms with van der Waals surface area (Å²) in [5, 5.41) is 4.33. The highest BCUT2D eigenvalue weighted by Crippen LogP contribution is 2.30. The van der Waals surface area contributed by atoms with Crippen molar-refractivity contribution in [3.8, 4) is 0 Å². The molecule has 0 saturated carbocycles. The summed E-state index contributed by atoms with van der Waals surface area (Å²) in [6, 6.07) is 8.43. The van der Waals surface area contributed by atoms with Gasteiger partial charge in [-0.3, -0.25) is 0 Å². The molecular formula is C17H25ClN2. The van der Waals surface area contributed by atoms with E-state index in [1.54, 1.807) is 0 Å². The van der Waals surface area contributed by atoms with Crippen LogP contribution >= 0.6 is 11.6 Å². The maximum atomic E-state index is 6.11. The van der Waals surface area contributed by atoms with Crippen LogP contribution < -0.4 is 5.32 Å². The van der Waals surface area contributed by atoms with Gasteiger partial charge in [0.2, 0.25) is 0 Å². The van der Waals surface area contributed by atoms with Crippen LogP contribution in [0.2, 0.25) is 5.02 Å². The molecular weight excluding hydrogens is 268 g/mol. The second-order valence-corrected chi connectivity index (χ2v) is 6.76. The molecule has 20 heavy (non-hydrogen) atoms. The number of hydrogen-bond acceptors (Lipinski definition) is 2. The molecule has 0 spiro atoms. The second kappa shape index (κ2) is 6.93. The topological polar surface area (TPSA) is 15.3 Å². The third-order valence-corrected chi connectivity index (χ3v) is 5.12. The van der Waals surface area contributed by atoms with Gasteiger partial charge in [-0.25, -0.2) is 0 Å². The molecule has 0 amide bonds. The first-order valence-corrected chi connectivity index (χ1v) is 8.37. The third kappa shape index (κ3) is 3.75. The number of benzene rings is 1. The molecule has 0 unspecified atom stereocenters. The molecule has 0 bridgehead atoms. The Morgan fingerprint density at radius 1 is 1.10 bits per heavy atom. The first-order valence-electron chi connectivity index (χ1n) is 8.00. The van der Waals surface area contributed by atoms with E-state index in [2.05, 4.69) is 28.4 Å². The quantitative estimate of drug-likeness (QED) is 0.917. The molecule has 0 atom stereocenters. The van der Waals surface area contributed by atoms with Gasteiger partial charge in [-0.2, -0.15) is 0 Å². The summed E-state index contributed by atoms with van der Waals surface area (Å²) in [5.74, 6) is 1.62. The maximum absolute atomic E-state index is 6.11. The van der Waals surface area contributed by atoms with Crippen molar-refractivity contribution in [1.82, 2.24) is 10.2 Å². The number of nitrogens with zero attached hydrogens (tertiary/aromatic N) is 1. The van der Waals surface area contributed by atoms with Gasteiger partial charge in [-0.05, 0) is 81.4 Å². The fraction of sp³-hybridized carbons (Fsp3) is 0.647. The number of halogens is 1. The Labute approximate surface area is 127 Å². The van der Waals surface area contributed by atoms with Gasteiger partial charge in [0.1, 0.15) is 0 Å². The van der Waals surface area contributed by atoms with Crippen molar-refractivity contribution in [2.24, 2.45) is 5.92 Å². The lowest BCUT2D eigenvalue weighted by Crippen LogP contribution is -2.39. The standard InChI is InChI=1S/C17H25ClN2/c18-17-3-1-2-16(12-17)15-6-10-20(11-7-15)13-14-4-8-19-9-5-14/h1-3,12,14-15,19H,4-11,13H2. The van der Waals surface area contributed by atoms with Crippen LogP contribution in [0.25, 0.3) is 0 Å². The van der Waals surface area contributed by atoms with Crippen LogP contribution in [0.1, 0.15) is 37.2 Å². The summed E-state index contributed by atoms with van der Waals surface area (Å²) in [6.45, 7) is 6.24. The van der Waals surface area contributed by atoms with Gasteiger partial charge < -0.3 is 10.2 Å². The molecule has 2 saturated heterocycles. The number of piperidine rings is 2. The van der Waals surface area contributed by atoms with E-state index in [-0.39, 0.29) is 0 Å². The smallest absolute Gasteiger partial charge is 0.0408 e. The Hall–Kier alpha value is -0.570. The minimum absolute atomic E-state index is 0.706. The number of nitrogens with one attached hydrogen (secondary N) is 1. The predicted molar refractivity (Wildman–Crippen MR) is 85.5 cm³/mol. The first kappa shape index (κ1) is 14.4. The summed E-state index contributed by atoms with van der Waals surface area (Å²) in [7, 11) is 0. The Bertz CT molecular complexity index is 421. The van der Waals surface area contributed by atoms with Gasteiger partial charge >= 0.3 is 0 Å². The van der Waals surface area contributed by atoms with E-state index in [4.69, 9.17) is 11.6 Å².